The fraction of sp³-hybridized carbons (Fsp3) is 0.600. The highest BCUT2D eigenvalue weighted by Crippen LogP contribution is 2.41. The fourth-order valence-corrected chi connectivity index (χ4v) is 3.81. The van der Waals surface area contributed by atoms with E-state index in [1.165, 1.54) is 11.8 Å². The number of aliphatic hydroxyl groups excluding tert-OH is 1. The first-order valence-corrected chi connectivity index (χ1v) is 7.75. The SMILES string of the molecule is C[C@@H]1O[C@H](Sc2ccccc2)[C@@H](O)[C@@H]2OC(C)(C)O[C@@H]21. The molecule has 4 nitrogen and oxygen atoms in total. The minimum atomic E-state index is -0.705. The van der Waals surface area contributed by atoms with Gasteiger partial charge in [-0.2, -0.15) is 0 Å². The van der Waals surface area contributed by atoms with Gasteiger partial charge in [0.25, 0.3) is 0 Å². The zero-order chi connectivity index (χ0) is 14.3. The van der Waals surface area contributed by atoms with Gasteiger partial charge < -0.3 is 19.3 Å². The number of rotatable bonds is 2. The molecule has 0 spiro atoms. The number of aliphatic hydroxyl groups is 1. The van der Waals surface area contributed by atoms with Crippen LogP contribution in [0.5, 0.6) is 0 Å². The molecule has 5 atom stereocenters. The van der Waals surface area contributed by atoms with Crippen LogP contribution in [-0.4, -0.2) is 40.7 Å². The van der Waals surface area contributed by atoms with Crippen LogP contribution < -0.4 is 0 Å². The van der Waals surface area contributed by atoms with E-state index in [4.69, 9.17) is 14.2 Å². The highest BCUT2D eigenvalue weighted by atomic mass is 32.2. The smallest absolute Gasteiger partial charge is 0.164 e. The Morgan fingerprint density at radius 1 is 1.10 bits per heavy atom. The van der Waals surface area contributed by atoms with E-state index in [2.05, 4.69) is 0 Å². The van der Waals surface area contributed by atoms with Crippen LogP contribution in [0.25, 0.3) is 0 Å². The van der Waals surface area contributed by atoms with E-state index in [9.17, 15) is 5.11 Å². The summed E-state index contributed by atoms with van der Waals surface area (Å²) in [5.41, 5.74) is -0.342. The van der Waals surface area contributed by atoms with Crippen molar-refractivity contribution in [2.45, 2.75) is 61.3 Å². The average molecular weight is 296 g/mol. The highest BCUT2D eigenvalue weighted by molar-refractivity contribution is 7.99. The van der Waals surface area contributed by atoms with Gasteiger partial charge >= 0.3 is 0 Å². The summed E-state index contributed by atoms with van der Waals surface area (Å²) in [7, 11) is 0. The van der Waals surface area contributed by atoms with Gasteiger partial charge in [0, 0.05) is 4.90 Å². The maximum absolute atomic E-state index is 10.5. The standard InChI is InChI=1S/C15H20O4S/c1-9-12-13(19-15(2,3)18-12)11(16)14(17-9)20-10-7-5-4-6-8-10/h4-9,11-14,16H,1-3H3/t9-,11-,12+,13-,14+/m0/s1. The van der Waals surface area contributed by atoms with Crippen molar-refractivity contribution >= 4 is 11.8 Å². The third kappa shape index (κ3) is 2.73. The zero-order valence-electron chi connectivity index (χ0n) is 11.9. The summed E-state index contributed by atoms with van der Waals surface area (Å²) >= 11 is 1.52. The molecule has 3 rings (SSSR count). The summed E-state index contributed by atoms with van der Waals surface area (Å²) in [6.07, 6.45) is -1.36. The molecule has 1 N–H and O–H groups in total. The lowest BCUT2D eigenvalue weighted by Crippen LogP contribution is -2.54. The van der Waals surface area contributed by atoms with Crippen LogP contribution in [0, 0.1) is 0 Å². The molecule has 0 radical (unpaired) electrons. The Kier molecular flexibility index (Phi) is 3.81. The molecule has 2 fully saturated rings. The van der Waals surface area contributed by atoms with E-state index >= 15 is 0 Å². The normalized spacial score (nSPS) is 39.5. The van der Waals surface area contributed by atoms with Crippen LogP contribution in [0.2, 0.25) is 0 Å². The number of thioether (sulfide) groups is 1. The molecule has 5 heteroatoms. The van der Waals surface area contributed by atoms with Crippen molar-refractivity contribution in [2.24, 2.45) is 0 Å². The Labute approximate surface area is 123 Å². The predicted octanol–water partition coefficient (Wildman–Crippen LogP) is 2.40. The maximum atomic E-state index is 10.5. The summed E-state index contributed by atoms with van der Waals surface area (Å²) in [5, 5.41) is 10.5. The monoisotopic (exact) mass is 296 g/mol. The highest BCUT2D eigenvalue weighted by Gasteiger charge is 2.53. The van der Waals surface area contributed by atoms with Crippen molar-refractivity contribution in [3.05, 3.63) is 30.3 Å². The molecular formula is C15H20O4S. The number of hydrogen-bond acceptors (Lipinski definition) is 5. The van der Waals surface area contributed by atoms with Crippen LogP contribution in [0.3, 0.4) is 0 Å². The summed E-state index contributed by atoms with van der Waals surface area (Å²) < 4.78 is 17.6. The Bertz CT molecular complexity index is 464. The second kappa shape index (κ2) is 5.31. The molecule has 0 unspecified atom stereocenters. The van der Waals surface area contributed by atoms with Gasteiger partial charge in [-0.15, -0.1) is 0 Å². The molecule has 2 heterocycles. The van der Waals surface area contributed by atoms with Gasteiger partial charge in [-0.05, 0) is 32.9 Å². The van der Waals surface area contributed by atoms with E-state index < -0.39 is 11.9 Å². The van der Waals surface area contributed by atoms with Crippen molar-refractivity contribution < 1.29 is 19.3 Å². The molecule has 2 aliphatic rings. The average Bonchev–Trinajstić information content (AvgIpc) is 2.74. The summed E-state index contributed by atoms with van der Waals surface area (Å²) in [5.74, 6) is -0.666. The van der Waals surface area contributed by atoms with Gasteiger partial charge in [-0.3, -0.25) is 0 Å². The van der Waals surface area contributed by atoms with Gasteiger partial charge in [0.1, 0.15) is 23.7 Å². The predicted molar refractivity (Wildman–Crippen MR) is 76.5 cm³/mol. The largest absolute Gasteiger partial charge is 0.387 e. The first kappa shape index (κ1) is 14.4. The molecule has 1 aromatic carbocycles. The van der Waals surface area contributed by atoms with Crippen LogP contribution >= 0.6 is 11.8 Å². The molecule has 0 saturated carbocycles. The van der Waals surface area contributed by atoms with E-state index in [1.807, 2.05) is 51.1 Å². The molecule has 0 bridgehead atoms. The van der Waals surface area contributed by atoms with E-state index in [0.717, 1.165) is 4.90 Å². The Hall–Kier alpha value is -0.590. The topological polar surface area (TPSA) is 47.9 Å². The van der Waals surface area contributed by atoms with Gasteiger partial charge in [-0.1, -0.05) is 30.0 Å². The van der Waals surface area contributed by atoms with Crippen LogP contribution in [0.4, 0.5) is 0 Å². The Morgan fingerprint density at radius 2 is 1.75 bits per heavy atom. The van der Waals surface area contributed by atoms with Gasteiger partial charge in [0.2, 0.25) is 0 Å². The third-order valence-corrected chi connectivity index (χ3v) is 4.75. The lowest BCUT2D eigenvalue weighted by molar-refractivity contribution is -0.153. The molecule has 110 valence electrons. The third-order valence-electron chi connectivity index (χ3n) is 3.59. The minimum absolute atomic E-state index is 0.105. The molecule has 0 aliphatic carbocycles. The van der Waals surface area contributed by atoms with Crippen molar-refractivity contribution in [3.63, 3.8) is 0 Å². The molecule has 0 aromatic heterocycles. The number of hydrogen-bond donors (Lipinski definition) is 1. The Morgan fingerprint density at radius 3 is 2.45 bits per heavy atom. The van der Waals surface area contributed by atoms with Crippen LogP contribution in [0.1, 0.15) is 20.8 Å². The second-order valence-electron chi connectivity index (χ2n) is 5.70. The van der Waals surface area contributed by atoms with Crippen molar-refractivity contribution in [3.8, 4) is 0 Å². The van der Waals surface area contributed by atoms with Crippen molar-refractivity contribution in [2.75, 3.05) is 0 Å². The first-order chi connectivity index (χ1) is 9.46. The summed E-state index contributed by atoms with van der Waals surface area (Å²) in [6, 6.07) is 9.93. The van der Waals surface area contributed by atoms with Crippen LogP contribution in [0.15, 0.2) is 35.2 Å². The zero-order valence-corrected chi connectivity index (χ0v) is 12.7. The molecular weight excluding hydrogens is 276 g/mol. The van der Waals surface area contributed by atoms with E-state index in [0.29, 0.717) is 0 Å². The second-order valence-corrected chi connectivity index (χ2v) is 6.87. The first-order valence-electron chi connectivity index (χ1n) is 6.87. The molecule has 1 aromatic rings. The quantitative estimate of drug-likeness (QED) is 0.908. The summed E-state index contributed by atoms with van der Waals surface area (Å²) in [4.78, 5) is 1.07. The van der Waals surface area contributed by atoms with E-state index in [-0.39, 0.29) is 23.7 Å². The minimum Gasteiger partial charge on any atom is -0.387 e. The maximum Gasteiger partial charge on any atom is 0.164 e. The lowest BCUT2D eigenvalue weighted by Gasteiger charge is -2.38. The molecule has 20 heavy (non-hydrogen) atoms. The number of fused-ring (bicyclic) bond motifs is 1. The molecule has 0 amide bonds. The van der Waals surface area contributed by atoms with Crippen molar-refractivity contribution in [1.82, 2.24) is 0 Å². The molecule has 2 saturated heterocycles. The van der Waals surface area contributed by atoms with Gasteiger partial charge in [0.05, 0.1) is 6.10 Å². The van der Waals surface area contributed by atoms with Crippen molar-refractivity contribution in [1.29, 1.82) is 0 Å². The van der Waals surface area contributed by atoms with E-state index in [1.54, 1.807) is 0 Å². The lowest BCUT2D eigenvalue weighted by atomic mass is 10.0. The number of benzene rings is 1. The number of ether oxygens (including phenoxy) is 3. The van der Waals surface area contributed by atoms with Gasteiger partial charge in [0.15, 0.2) is 5.79 Å². The Balaban J connectivity index is 1.75. The fourth-order valence-electron chi connectivity index (χ4n) is 2.70. The molecule has 2 aliphatic heterocycles. The summed E-state index contributed by atoms with van der Waals surface area (Å²) in [6.45, 7) is 5.70. The van der Waals surface area contributed by atoms with Gasteiger partial charge in [-0.25, -0.2) is 0 Å². The van der Waals surface area contributed by atoms with Crippen LogP contribution in [-0.2, 0) is 14.2 Å².